The number of amidine groups is 1. The topological polar surface area (TPSA) is 88.4 Å². The van der Waals surface area contributed by atoms with Gasteiger partial charge in [-0.1, -0.05) is 36.4 Å². The smallest absolute Gasteiger partial charge is 0.335 e. The first-order chi connectivity index (χ1) is 15.5. The number of carbonyl (C=O) groups excluding carboxylic acids is 1. The van der Waals surface area contributed by atoms with E-state index in [-0.39, 0.29) is 17.2 Å². The summed E-state index contributed by atoms with van der Waals surface area (Å²) in [5.74, 6) is 0.240. The van der Waals surface area contributed by atoms with Crippen molar-refractivity contribution in [1.29, 1.82) is 0 Å². The molecule has 0 saturated carbocycles. The van der Waals surface area contributed by atoms with Gasteiger partial charge in [-0.2, -0.15) is 0 Å². The monoisotopic (exact) mass is 428 g/mol. The second kappa shape index (κ2) is 8.77. The van der Waals surface area contributed by atoms with E-state index >= 15 is 0 Å². The van der Waals surface area contributed by atoms with Gasteiger partial charge in [-0.05, 0) is 48.0 Å². The van der Waals surface area contributed by atoms with Gasteiger partial charge in [0, 0.05) is 5.56 Å². The molecule has 7 nitrogen and oxygen atoms in total. The molecule has 0 saturated heterocycles. The molecule has 0 aliphatic carbocycles. The molecular weight excluding hydrogens is 408 g/mol. The number of hydrogen-bond donors (Lipinski definition) is 1. The molecular formula is C25H20N2O5. The van der Waals surface area contributed by atoms with E-state index in [9.17, 15) is 14.7 Å². The van der Waals surface area contributed by atoms with Gasteiger partial charge < -0.3 is 14.6 Å². The number of nitrogens with zero attached hydrogens (tertiary/aromatic N) is 2. The van der Waals surface area contributed by atoms with Gasteiger partial charge in [-0.15, -0.1) is 0 Å². The molecule has 7 heteroatoms. The van der Waals surface area contributed by atoms with E-state index in [1.54, 1.807) is 44.6 Å². The molecule has 0 radical (unpaired) electrons. The van der Waals surface area contributed by atoms with E-state index in [4.69, 9.17) is 9.47 Å². The van der Waals surface area contributed by atoms with Crippen LogP contribution < -0.4 is 14.4 Å². The quantitative estimate of drug-likeness (QED) is 0.594. The van der Waals surface area contributed by atoms with Crippen molar-refractivity contribution in [2.75, 3.05) is 19.1 Å². The van der Waals surface area contributed by atoms with Gasteiger partial charge >= 0.3 is 5.97 Å². The van der Waals surface area contributed by atoms with Crippen LogP contribution in [0, 0.1) is 0 Å². The van der Waals surface area contributed by atoms with E-state index in [1.807, 2.05) is 36.4 Å². The van der Waals surface area contributed by atoms with E-state index in [1.165, 1.54) is 17.0 Å². The lowest BCUT2D eigenvalue weighted by atomic mass is 10.1. The number of aliphatic imine (C=N–C) groups is 1. The normalized spacial score (nSPS) is 14.4. The van der Waals surface area contributed by atoms with Crippen LogP contribution in [-0.2, 0) is 4.79 Å². The highest BCUT2D eigenvalue weighted by molar-refractivity contribution is 6.33. The predicted octanol–water partition coefficient (Wildman–Crippen LogP) is 4.24. The summed E-state index contributed by atoms with van der Waals surface area (Å²) in [4.78, 5) is 30.7. The zero-order valence-corrected chi connectivity index (χ0v) is 17.5. The van der Waals surface area contributed by atoms with Crippen LogP contribution >= 0.6 is 0 Å². The highest BCUT2D eigenvalue weighted by Gasteiger charge is 2.32. The lowest BCUT2D eigenvalue weighted by Crippen LogP contribution is -2.32. The number of methoxy groups -OCH3 is 2. The molecule has 0 atom stereocenters. The number of carboxylic acids is 1. The predicted molar refractivity (Wildman–Crippen MR) is 121 cm³/mol. The third kappa shape index (κ3) is 3.96. The molecule has 1 aliphatic heterocycles. The molecule has 0 unspecified atom stereocenters. The van der Waals surface area contributed by atoms with Crippen LogP contribution in [0.1, 0.15) is 21.5 Å². The van der Waals surface area contributed by atoms with Crippen LogP contribution in [0.15, 0.2) is 83.5 Å². The summed E-state index contributed by atoms with van der Waals surface area (Å²) in [6.45, 7) is 0. The highest BCUT2D eigenvalue weighted by atomic mass is 16.5. The number of aromatic carboxylic acids is 1. The Morgan fingerprint density at radius 2 is 1.62 bits per heavy atom. The molecule has 0 aromatic heterocycles. The van der Waals surface area contributed by atoms with E-state index in [0.29, 0.717) is 23.0 Å². The lowest BCUT2D eigenvalue weighted by Gasteiger charge is -2.18. The van der Waals surface area contributed by atoms with Gasteiger partial charge in [0.1, 0.15) is 11.5 Å². The summed E-state index contributed by atoms with van der Waals surface area (Å²) in [6, 6.07) is 20.8. The van der Waals surface area contributed by atoms with Gasteiger partial charge in [0.2, 0.25) is 0 Å². The average molecular weight is 428 g/mol. The number of rotatable bonds is 6. The third-order valence-electron chi connectivity index (χ3n) is 4.98. The largest absolute Gasteiger partial charge is 0.493 e. The van der Waals surface area contributed by atoms with Gasteiger partial charge in [0.15, 0.2) is 11.5 Å². The number of carboxylic acid groups (broad SMARTS) is 1. The highest BCUT2D eigenvalue weighted by Crippen LogP contribution is 2.31. The summed E-state index contributed by atoms with van der Waals surface area (Å²) in [7, 11) is 3.10. The van der Waals surface area contributed by atoms with Gasteiger partial charge in [0.05, 0.1) is 25.5 Å². The van der Waals surface area contributed by atoms with Crippen LogP contribution in [0.5, 0.6) is 11.5 Å². The van der Waals surface area contributed by atoms with Gasteiger partial charge in [0.25, 0.3) is 5.91 Å². The number of ether oxygens (including phenoxy) is 2. The zero-order valence-electron chi connectivity index (χ0n) is 17.5. The van der Waals surface area contributed by atoms with Crippen molar-refractivity contribution < 1.29 is 24.2 Å². The number of benzene rings is 3. The molecule has 1 aliphatic rings. The molecule has 4 rings (SSSR count). The Bertz CT molecular complexity index is 1230. The summed E-state index contributed by atoms with van der Waals surface area (Å²) < 4.78 is 10.6. The van der Waals surface area contributed by atoms with E-state index in [2.05, 4.69) is 4.99 Å². The van der Waals surface area contributed by atoms with Crippen molar-refractivity contribution in [2.45, 2.75) is 0 Å². The minimum absolute atomic E-state index is 0.139. The average Bonchev–Trinajstić information content (AvgIpc) is 3.15. The van der Waals surface area contributed by atoms with E-state index in [0.717, 1.165) is 11.1 Å². The van der Waals surface area contributed by atoms with E-state index < -0.39 is 5.97 Å². The molecule has 160 valence electrons. The molecule has 1 amide bonds. The van der Waals surface area contributed by atoms with Crippen LogP contribution in [0.2, 0.25) is 0 Å². The maximum absolute atomic E-state index is 13.4. The standard InChI is InChI=1S/C25H20N2O5/c1-31-21-13-8-16(15-22(21)32-2)14-20-24(28)27(19-11-9-18(10-12-19)25(29)30)23(26-20)17-6-4-3-5-7-17/h3-15H,1-2H3,(H,29,30)/b20-14-. The molecule has 0 spiro atoms. The van der Waals surface area contributed by atoms with Crippen LogP contribution in [0.25, 0.3) is 6.08 Å². The Kier molecular flexibility index (Phi) is 5.72. The van der Waals surface area contributed by atoms with Crippen LogP contribution in [0.4, 0.5) is 5.69 Å². The Balaban J connectivity index is 1.78. The summed E-state index contributed by atoms with van der Waals surface area (Å²) in [6.07, 6.45) is 1.68. The first kappa shape index (κ1) is 20.9. The molecule has 32 heavy (non-hydrogen) atoms. The molecule has 1 heterocycles. The summed E-state index contributed by atoms with van der Waals surface area (Å²) in [5, 5.41) is 9.18. The summed E-state index contributed by atoms with van der Waals surface area (Å²) in [5.41, 5.74) is 2.40. The Hall–Kier alpha value is -4.39. The first-order valence-corrected chi connectivity index (χ1v) is 9.77. The number of hydrogen-bond acceptors (Lipinski definition) is 5. The van der Waals surface area contributed by atoms with Crippen molar-refractivity contribution in [1.82, 2.24) is 0 Å². The second-order valence-electron chi connectivity index (χ2n) is 6.94. The number of anilines is 1. The fraction of sp³-hybridized carbons (Fsp3) is 0.0800. The fourth-order valence-corrected chi connectivity index (χ4v) is 3.39. The Morgan fingerprint density at radius 3 is 2.25 bits per heavy atom. The second-order valence-corrected chi connectivity index (χ2v) is 6.94. The third-order valence-corrected chi connectivity index (χ3v) is 4.98. The number of carbonyl (C=O) groups is 2. The maximum atomic E-state index is 13.4. The van der Waals surface area contributed by atoms with Crippen molar-refractivity contribution in [3.05, 3.63) is 95.2 Å². The minimum Gasteiger partial charge on any atom is -0.493 e. The fourth-order valence-electron chi connectivity index (χ4n) is 3.39. The molecule has 1 N–H and O–H groups in total. The molecule has 3 aromatic carbocycles. The minimum atomic E-state index is -1.03. The van der Waals surface area contributed by atoms with Gasteiger partial charge in [-0.25, -0.2) is 9.79 Å². The Labute approximate surface area is 184 Å². The summed E-state index contributed by atoms with van der Waals surface area (Å²) >= 11 is 0. The lowest BCUT2D eigenvalue weighted by molar-refractivity contribution is -0.113. The molecule has 0 bridgehead atoms. The van der Waals surface area contributed by atoms with Crippen molar-refractivity contribution in [3.63, 3.8) is 0 Å². The van der Waals surface area contributed by atoms with Crippen LogP contribution in [-0.4, -0.2) is 37.0 Å². The van der Waals surface area contributed by atoms with Crippen molar-refractivity contribution in [3.8, 4) is 11.5 Å². The maximum Gasteiger partial charge on any atom is 0.335 e. The van der Waals surface area contributed by atoms with Crippen LogP contribution in [0.3, 0.4) is 0 Å². The van der Waals surface area contributed by atoms with Crippen molar-refractivity contribution >= 4 is 29.5 Å². The van der Waals surface area contributed by atoms with Crippen molar-refractivity contribution in [2.24, 2.45) is 4.99 Å². The Morgan fingerprint density at radius 1 is 0.938 bits per heavy atom. The van der Waals surface area contributed by atoms with Gasteiger partial charge in [-0.3, -0.25) is 9.69 Å². The SMILES string of the molecule is COc1ccc(/C=C2\N=C(c3ccccc3)N(c3ccc(C(=O)O)cc3)C2=O)cc1OC. The zero-order chi connectivity index (χ0) is 22.7. The number of amides is 1. The molecule has 0 fully saturated rings. The molecule has 3 aromatic rings. The first-order valence-electron chi connectivity index (χ1n) is 9.77.